The highest BCUT2D eigenvalue weighted by atomic mass is 19.1. The minimum atomic E-state index is -0.862. The molecule has 0 radical (unpaired) electrons. The fourth-order valence-electron chi connectivity index (χ4n) is 4.43. The molecule has 4 rings (SSSR count). The number of aryl methyl sites for hydroxylation is 1. The maximum atomic E-state index is 13.5. The number of pyridine rings is 1. The number of halogens is 1. The Bertz CT molecular complexity index is 795. The van der Waals surface area contributed by atoms with Gasteiger partial charge in [-0.1, -0.05) is 25.0 Å². The Morgan fingerprint density at radius 2 is 1.67 bits per heavy atom. The van der Waals surface area contributed by atoms with Crippen LogP contribution in [-0.2, 0) is 18.4 Å². The van der Waals surface area contributed by atoms with Gasteiger partial charge in [-0.15, -0.1) is 0 Å². The number of benzene rings is 1. The van der Waals surface area contributed by atoms with Crippen molar-refractivity contribution in [1.82, 2.24) is 9.88 Å². The number of aromatic nitrogens is 1. The summed E-state index contributed by atoms with van der Waals surface area (Å²) in [4.78, 5) is 7.25. The van der Waals surface area contributed by atoms with Crippen LogP contribution in [0.15, 0.2) is 30.3 Å². The molecule has 1 saturated heterocycles. The first-order chi connectivity index (χ1) is 13.0. The number of nitrogens with zero attached hydrogens (tertiary/aromatic N) is 2. The topological polar surface area (TPSA) is 36.4 Å². The van der Waals surface area contributed by atoms with Crippen molar-refractivity contribution in [2.45, 2.75) is 57.0 Å². The van der Waals surface area contributed by atoms with E-state index in [4.69, 9.17) is 4.98 Å². The normalized spacial score (nSPS) is 20.6. The summed E-state index contributed by atoms with van der Waals surface area (Å²) in [6.45, 7) is 1.75. The van der Waals surface area contributed by atoms with Gasteiger partial charge in [0, 0.05) is 18.8 Å². The highest BCUT2D eigenvalue weighted by Crippen LogP contribution is 2.37. The third kappa shape index (κ3) is 3.92. The quantitative estimate of drug-likeness (QED) is 0.850. The van der Waals surface area contributed by atoms with Crippen molar-refractivity contribution in [3.63, 3.8) is 0 Å². The second-order valence-corrected chi connectivity index (χ2v) is 8.24. The van der Waals surface area contributed by atoms with Gasteiger partial charge >= 0.3 is 0 Å². The van der Waals surface area contributed by atoms with E-state index in [1.165, 1.54) is 30.5 Å². The van der Waals surface area contributed by atoms with Crippen LogP contribution in [0, 0.1) is 5.82 Å². The van der Waals surface area contributed by atoms with Gasteiger partial charge in [0.1, 0.15) is 11.4 Å². The molecule has 2 heterocycles. The van der Waals surface area contributed by atoms with E-state index in [0.29, 0.717) is 12.8 Å². The van der Waals surface area contributed by atoms with Gasteiger partial charge in [-0.25, -0.2) is 4.39 Å². The molecule has 4 heteroatoms. The maximum absolute atomic E-state index is 13.5. The van der Waals surface area contributed by atoms with Crippen LogP contribution in [0.1, 0.15) is 55.5 Å². The van der Waals surface area contributed by atoms with Gasteiger partial charge in [-0.05, 0) is 80.5 Å². The highest BCUT2D eigenvalue weighted by molar-refractivity contribution is 5.69. The molecule has 0 unspecified atom stereocenters. The molecular formula is C23H29FN2O. The van der Waals surface area contributed by atoms with Crippen LogP contribution in [0.2, 0.25) is 0 Å². The van der Waals surface area contributed by atoms with E-state index >= 15 is 0 Å². The standard InChI is InChI=1S/C23H29FN2O/c1-26-14-12-23(27,13-15-26)22-16-20(17-8-10-18(24)11-9-17)19-6-4-2-3-5-7-21(19)25-22/h8-11,16,27H,2-7,12-15H2,1H3. The largest absolute Gasteiger partial charge is 0.383 e. The van der Waals surface area contributed by atoms with Crippen LogP contribution in [0.3, 0.4) is 0 Å². The average molecular weight is 368 g/mol. The predicted molar refractivity (Wildman–Crippen MR) is 106 cm³/mol. The molecule has 1 N–H and O–H groups in total. The van der Waals surface area contributed by atoms with E-state index in [0.717, 1.165) is 61.3 Å². The van der Waals surface area contributed by atoms with Crippen molar-refractivity contribution in [1.29, 1.82) is 0 Å². The van der Waals surface area contributed by atoms with Crippen molar-refractivity contribution in [2.24, 2.45) is 0 Å². The number of piperidine rings is 1. The van der Waals surface area contributed by atoms with E-state index < -0.39 is 5.60 Å². The summed E-state index contributed by atoms with van der Waals surface area (Å²) in [5.41, 5.74) is 4.52. The van der Waals surface area contributed by atoms with E-state index in [2.05, 4.69) is 18.0 Å². The van der Waals surface area contributed by atoms with Crippen LogP contribution >= 0.6 is 0 Å². The van der Waals surface area contributed by atoms with E-state index in [9.17, 15) is 9.50 Å². The number of likely N-dealkylation sites (tertiary alicyclic amines) is 1. The summed E-state index contributed by atoms with van der Waals surface area (Å²) in [6.07, 6.45) is 8.19. The number of aliphatic hydroxyl groups is 1. The lowest BCUT2D eigenvalue weighted by Crippen LogP contribution is -2.41. The Hall–Kier alpha value is -1.78. The smallest absolute Gasteiger partial charge is 0.123 e. The number of rotatable bonds is 2. The fourth-order valence-corrected chi connectivity index (χ4v) is 4.43. The molecule has 3 nitrogen and oxygen atoms in total. The first-order valence-corrected chi connectivity index (χ1v) is 10.3. The third-order valence-corrected chi connectivity index (χ3v) is 6.25. The maximum Gasteiger partial charge on any atom is 0.123 e. The van der Waals surface area contributed by atoms with E-state index in [1.807, 2.05) is 12.1 Å². The molecule has 1 aliphatic heterocycles. The molecule has 0 atom stereocenters. The summed E-state index contributed by atoms with van der Waals surface area (Å²) in [5, 5.41) is 11.4. The van der Waals surface area contributed by atoms with Gasteiger partial charge in [0.25, 0.3) is 0 Å². The zero-order chi connectivity index (χ0) is 18.9. The van der Waals surface area contributed by atoms with Crippen LogP contribution in [0.4, 0.5) is 4.39 Å². The Morgan fingerprint density at radius 3 is 2.37 bits per heavy atom. The first kappa shape index (κ1) is 18.6. The monoisotopic (exact) mass is 368 g/mol. The minimum absolute atomic E-state index is 0.218. The molecule has 2 aliphatic rings. The fraction of sp³-hybridized carbons (Fsp3) is 0.522. The molecule has 27 heavy (non-hydrogen) atoms. The minimum Gasteiger partial charge on any atom is -0.383 e. The van der Waals surface area contributed by atoms with Gasteiger partial charge in [0.05, 0.1) is 5.69 Å². The van der Waals surface area contributed by atoms with Crippen LogP contribution < -0.4 is 0 Å². The molecular weight excluding hydrogens is 339 g/mol. The summed E-state index contributed by atoms with van der Waals surface area (Å²) >= 11 is 0. The zero-order valence-electron chi connectivity index (χ0n) is 16.2. The highest BCUT2D eigenvalue weighted by Gasteiger charge is 2.35. The molecule has 0 spiro atoms. The van der Waals surface area contributed by atoms with Crippen molar-refractivity contribution in [3.8, 4) is 11.1 Å². The molecule has 1 fully saturated rings. The molecule has 1 aliphatic carbocycles. The number of hydrogen-bond acceptors (Lipinski definition) is 3. The lowest BCUT2D eigenvalue weighted by Gasteiger charge is -2.37. The molecule has 0 saturated carbocycles. The summed E-state index contributed by atoms with van der Waals surface area (Å²) in [5.74, 6) is -0.218. The summed E-state index contributed by atoms with van der Waals surface area (Å²) < 4.78 is 13.5. The molecule has 2 aromatic rings. The van der Waals surface area contributed by atoms with Gasteiger partial charge in [-0.2, -0.15) is 0 Å². The van der Waals surface area contributed by atoms with Gasteiger partial charge in [-0.3, -0.25) is 4.98 Å². The summed E-state index contributed by atoms with van der Waals surface area (Å²) in [7, 11) is 2.09. The Kier molecular flexibility index (Phi) is 5.29. The number of fused-ring (bicyclic) bond motifs is 1. The molecule has 1 aromatic heterocycles. The van der Waals surface area contributed by atoms with Crippen LogP contribution in [-0.4, -0.2) is 35.1 Å². The van der Waals surface area contributed by atoms with Crippen LogP contribution in [0.5, 0.6) is 0 Å². The summed E-state index contributed by atoms with van der Waals surface area (Å²) in [6, 6.07) is 8.83. The second kappa shape index (κ2) is 7.69. The van der Waals surface area contributed by atoms with Gasteiger partial charge in [0.2, 0.25) is 0 Å². The van der Waals surface area contributed by atoms with E-state index in [-0.39, 0.29) is 5.82 Å². The second-order valence-electron chi connectivity index (χ2n) is 8.24. The Balaban J connectivity index is 1.82. The van der Waals surface area contributed by atoms with Crippen molar-refractivity contribution >= 4 is 0 Å². The van der Waals surface area contributed by atoms with Crippen LogP contribution in [0.25, 0.3) is 11.1 Å². The lowest BCUT2D eigenvalue weighted by molar-refractivity contribution is -0.0239. The SMILES string of the molecule is CN1CCC(O)(c2cc(-c3ccc(F)cc3)c3c(n2)CCCCCC3)CC1. The van der Waals surface area contributed by atoms with Crippen molar-refractivity contribution in [2.75, 3.05) is 20.1 Å². The number of hydrogen-bond donors (Lipinski definition) is 1. The Morgan fingerprint density at radius 1 is 1.00 bits per heavy atom. The molecule has 144 valence electrons. The molecule has 0 bridgehead atoms. The van der Waals surface area contributed by atoms with Gasteiger partial charge in [0.15, 0.2) is 0 Å². The van der Waals surface area contributed by atoms with Crippen molar-refractivity contribution < 1.29 is 9.50 Å². The Labute approximate surface area is 161 Å². The molecule has 0 amide bonds. The van der Waals surface area contributed by atoms with Crippen molar-refractivity contribution in [3.05, 3.63) is 53.1 Å². The third-order valence-electron chi connectivity index (χ3n) is 6.25. The predicted octanol–water partition coefficient (Wildman–Crippen LogP) is 4.46. The average Bonchev–Trinajstić information content (AvgIpc) is 2.65. The lowest BCUT2D eigenvalue weighted by atomic mass is 9.84. The molecule has 1 aromatic carbocycles. The zero-order valence-corrected chi connectivity index (χ0v) is 16.2. The van der Waals surface area contributed by atoms with Gasteiger partial charge < -0.3 is 10.0 Å². The van der Waals surface area contributed by atoms with E-state index in [1.54, 1.807) is 0 Å². The first-order valence-electron chi connectivity index (χ1n) is 10.3.